The predicted molar refractivity (Wildman–Crippen MR) is 73.5 cm³/mol. The molecule has 0 amide bonds. The van der Waals surface area contributed by atoms with Crippen LogP contribution in [0.1, 0.15) is 56.1 Å². The summed E-state index contributed by atoms with van der Waals surface area (Å²) in [6.45, 7) is 10.5. The summed E-state index contributed by atoms with van der Waals surface area (Å²) in [4.78, 5) is 11.5. The Bertz CT molecular complexity index is 360. The second-order valence-corrected chi connectivity index (χ2v) is 5.79. The highest BCUT2D eigenvalue weighted by Crippen LogP contribution is 2.17. The van der Waals surface area contributed by atoms with E-state index in [1.807, 2.05) is 12.1 Å². The Labute approximate surface area is 105 Å². The molecule has 0 atom stereocenters. The van der Waals surface area contributed by atoms with Crippen molar-refractivity contribution in [2.24, 2.45) is 11.8 Å². The second-order valence-electron chi connectivity index (χ2n) is 5.79. The molecule has 0 bridgehead atoms. The van der Waals surface area contributed by atoms with E-state index in [2.05, 4.69) is 33.8 Å². The third kappa shape index (κ3) is 4.72. The van der Waals surface area contributed by atoms with Gasteiger partial charge < -0.3 is 0 Å². The van der Waals surface area contributed by atoms with E-state index in [4.69, 9.17) is 0 Å². The summed E-state index contributed by atoms with van der Waals surface area (Å²) in [7, 11) is 0. The van der Waals surface area contributed by atoms with Gasteiger partial charge in [0.25, 0.3) is 0 Å². The fourth-order valence-electron chi connectivity index (χ4n) is 2.14. The van der Waals surface area contributed by atoms with Crippen molar-refractivity contribution in [1.29, 1.82) is 0 Å². The van der Waals surface area contributed by atoms with Gasteiger partial charge in [-0.3, -0.25) is 4.79 Å². The van der Waals surface area contributed by atoms with Gasteiger partial charge >= 0.3 is 0 Å². The third-order valence-corrected chi connectivity index (χ3v) is 2.75. The normalized spacial score (nSPS) is 11.2. The summed E-state index contributed by atoms with van der Waals surface area (Å²) in [6.07, 6.45) is 2.10. The van der Waals surface area contributed by atoms with Crippen LogP contribution in [0.15, 0.2) is 18.2 Å². The van der Waals surface area contributed by atoms with Crippen LogP contribution in [-0.4, -0.2) is 5.78 Å². The van der Waals surface area contributed by atoms with Gasteiger partial charge in [0.2, 0.25) is 0 Å². The average molecular weight is 232 g/mol. The molecule has 0 aliphatic rings. The lowest BCUT2D eigenvalue weighted by molar-refractivity contribution is 0.101. The fraction of sp³-hybridized carbons (Fsp3) is 0.562. The SMILES string of the molecule is CC(=O)c1cc(CC(C)C)cc(CC(C)C)c1. The summed E-state index contributed by atoms with van der Waals surface area (Å²) in [5.41, 5.74) is 3.45. The van der Waals surface area contributed by atoms with E-state index in [-0.39, 0.29) is 5.78 Å². The van der Waals surface area contributed by atoms with Gasteiger partial charge in [0, 0.05) is 5.56 Å². The van der Waals surface area contributed by atoms with Gasteiger partial charge in [0.15, 0.2) is 5.78 Å². The molecule has 0 N–H and O–H groups in total. The minimum absolute atomic E-state index is 0.167. The summed E-state index contributed by atoms with van der Waals surface area (Å²) >= 11 is 0. The summed E-state index contributed by atoms with van der Waals surface area (Å²) in [6, 6.07) is 6.35. The van der Waals surface area contributed by atoms with Crippen LogP contribution in [0.4, 0.5) is 0 Å². The zero-order valence-electron chi connectivity index (χ0n) is 11.7. The Kier molecular flexibility index (Phi) is 4.92. The van der Waals surface area contributed by atoms with E-state index < -0.39 is 0 Å². The number of rotatable bonds is 5. The van der Waals surface area contributed by atoms with Crippen LogP contribution in [0.25, 0.3) is 0 Å². The molecular weight excluding hydrogens is 208 g/mol. The molecule has 0 aromatic heterocycles. The van der Waals surface area contributed by atoms with E-state index in [0.717, 1.165) is 18.4 Å². The summed E-state index contributed by atoms with van der Waals surface area (Å²) < 4.78 is 0. The van der Waals surface area contributed by atoms with E-state index in [9.17, 15) is 4.79 Å². The molecular formula is C16H24O. The highest BCUT2D eigenvalue weighted by molar-refractivity contribution is 5.94. The van der Waals surface area contributed by atoms with Crippen LogP contribution < -0.4 is 0 Å². The molecule has 0 aliphatic heterocycles. The Balaban J connectivity index is 3.04. The molecule has 0 heterocycles. The molecule has 94 valence electrons. The van der Waals surface area contributed by atoms with Crippen molar-refractivity contribution in [2.45, 2.75) is 47.5 Å². The first-order chi connectivity index (χ1) is 7.88. The standard InChI is InChI=1S/C16H24O/c1-11(2)6-14-8-15(7-12(3)4)10-16(9-14)13(5)17/h8-12H,6-7H2,1-5H3. The van der Waals surface area contributed by atoms with E-state index in [1.54, 1.807) is 6.92 Å². The van der Waals surface area contributed by atoms with Crippen molar-refractivity contribution in [3.63, 3.8) is 0 Å². The van der Waals surface area contributed by atoms with Gasteiger partial charge in [-0.2, -0.15) is 0 Å². The quantitative estimate of drug-likeness (QED) is 0.692. The highest BCUT2D eigenvalue weighted by atomic mass is 16.1. The molecule has 1 aromatic carbocycles. The van der Waals surface area contributed by atoms with E-state index in [0.29, 0.717) is 11.8 Å². The van der Waals surface area contributed by atoms with Gasteiger partial charge in [0.1, 0.15) is 0 Å². The van der Waals surface area contributed by atoms with Crippen LogP contribution in [0.2, 0.25) is 0 Å². The van der Waals surface area contributed by atoms with Crippen molar-refractivity contribution in [3.05, 3.63) is 34.9 Å². The molecule has 0 fully saturated rings. The maximum atomic E-state index is 11.5. The molecule has 17 heavy (non-hydrogen) atoms. The van der Waals surface area contributed by atoms with Crippen molar-refractivity contribution in [1.82, 2.24) is 0 Å². The molecule has 1 rings (SSSR count). The number of ketones is 1. The third-order valence-electron chi connectivity index (χ3n) is 2.75. The summed E-state index contributed by atoms with van der Waals surface area (Å²) in [5.74, 6) is 1.42. The number of benzene rings is 1. The van der Waals surface area contributed by atoms with Gasteiger partial charge in [-0.15, -0.1) is 0 Å². The zero-order valence-corrected chi connectivity index (χ0v) is 11.7. The summed E-state index contributed by atoms with van der Waals surface area (Å²) in [5, 5.41) is 0. The fourth-order valence-corrected chi connectivity index (χ4v) is 2.14. The van der Waals surface area contributed by atoms with Crippen molar-refractivity contribution in [3.8, 4) is 0 Å². The highest BCUT2D eigenvalue weighted by Gasteiger charge is 2.07. The van der Waals surface area contributed by atoms with E-state index in [1.165, 1.54) is 11.1 Å². The molecule has 0 spiro atoms. The minimum Gasteiger partial charge on any atom is -0.295 e. The Morgan fingerprint density at radius 2 is 1.35 bits per heavy atom. The van der Waals surface area contributed by atoms with Crippen molar-refractivity contribution >= 4 is 5.78 Å². The Hall–Kier alpha value is -1.11. The molecule has 0 saturated carbocycles. The van der Waals surface area contributed by atoms with Crippen LogP contribution in [0, 0.1) is 11.8 Å². The molecule has 1 aromatic rings. The predicted octanol–water partition coefficient (Wildman–Crippen LogP) is 4.29. The maximum Gasteiger partial charge on any atom is 0.159 e. The first-order valence-corrected chi connectivity index (χ1v) is 6.52. The lowest BCUT2D eigenvalue weighted by Crippen LogP contribution is -2.02. The number of hydrogen-bond acceptors (Lipinski definition) is 1. The lowest BCUT2D eigenvalue weighted by atomic mass is 9.94. The zero-order chi connectivity index (χ0) is 13.0. The topological polar surface area (TPSA) is 17.1 Å². The van der Waals surface area contributed by atoms with Crippen molar-refractivity contribution < 1.29 is 4.79 Å². The molecule has 0 aliphatic carbocycles. The lowest BCUT2D eigenvalue weighted by Gasteiger charge is -2.11. The van der Waals surface area contributed by atoms with Gasteiger partial charge in [-0.25, -0.2) is 0 Å². The first kappa shape index (κ1) is 14.0. The molecule has 0 radical (unpaired) electrons. The van der Waals surface area contributed by atoms with E-state index >= 15 is 0 Å². The monoisotopic (exact) mass is 232 g/mol. The van der Waals surface area contributed by atoms with Gasteiger partial charge in [0.05, 0.1) is 0 Å². The van der Waals surface area contributed by atoms with Crippen LogP contribution in [0.3, 0.4) is 0 Å². The Morgan fingerprint density at radius 1 is 0.941 bits per heavy atom. The second kappa shape index (κ2) is 6.00. The van der Waals surface area contributed by atoms with Gasteiger partial charge in [-0.05, 0) is 54.9 Å². The van der Waals surface area contributed by atoms with Crippen LogP contribution in [-0.2, 0) is 12.8 Å². The number of Topliss-reactive ketones (excluding diaryl/α,β-unsaturated/α-hetero) is 1. The Morgan fingerprint density at radius 3 is 1.65 bits per heavy atom. The largest absolute Gasteiger partial charge is 0.295 e. The molecule has 0 unspecified atom stereocenters. The molecule has 1 nitrogen and oxygen atoms in total. The number of carbonyl (C=O) groups is 1. The average Bonchev–Trinajstić information content (AvgIpc) is 2.14. The smallest absolute Gasteiger partial charge is 0.159 e. The van der Waals surface area contributed by atoms with Crippen LogP contribution >= 0.6 is 0 Å². The molecule has 1 heteroatoms. The number of hydrogen-bond donors (Lipinski definition) is 0. The number of carbonyl (C=O) groups excluding carboxylic acids is 1. The minimum atomic E-state index is 0.167. The van der Waals surface area contributed by atoms with Crippen LogP contribution in [0.5, 0.6) is 0 Å². The molecule has 0 saturated heterocycles. The first-order valence-electron chi connectivity index (χ1n) is 6.52. The maximum absolute atomic E-state index is 11.5. The van der Waals surface area contributed by atoms with Gasteiger partial charge in [-0.1, -0.05) is 33.8 Å². The van der Waals surface area contributed by atoms with Crippen molar-refractivity contribution in [2.75, 3.05) is 0 Å².